The van der Waals surface area contributed by atoms with Gasteiger partial charge < -0.3 is 4.74 Å². The van der Waals surface area contributed by atoms with E-state index >= 15 is 0 Å². The monoisotopic (exact) mass is 433 g/mol. The topological polar surface area (TPSA) is 156 Å². The first kappa shape index (κ1) is 20.0. The lowest BCUT2D eigenvalue weighted by atomic mass is 10.3. The number of hydrogen-bond donors (Lipinski definition) is 1. The van der Waals surface area contributed by atoms with Crippen molar-refractivity contribution in [3.05, 3.63) is 39.6 Å². The molecule has 2 aromatic heterocycles. The number of halogens is 2. The summed E-state index contributed by atoms with van der Waals surface area (Å²) in [6.45, 7) is 1.58. The fourth-order valence-electron chi connectivity index (χ4n) is 2.23. The van der Waals surface area contributed by atoms with E-state index in [1.807, 2.05) is 0 Å². The minimum absolute atomic E-state index is 0.0737. The van der Waals surface area contributed by atoms with Crippen molar-refractivity contribution in [3.8, 4) is 23.1 Å². The minimum atomic E-state index is -3.66. The number of benzene rings is 1. The fourth-order valence-corrected chi connectivity index (χ4v) is 3.06. The van der Waals surface area contributed by atoms with Gasteiger partial charge in [-0.05, 0) is 41.9 Å². The second-order valence-corrected chi connectivity index (χ2v) is 7.85. The van der Waals surface area contributed by atoms with Gasteiger partial charge >= 0.3 is 5.76 Å². The van der Waals surface area contributed by atoms with Crippen molar-refractivity contribution in [1.29, 1.82) is 0 Å². The Labute approximate surface area is 161 Å². The molecule has 0 aliphatic heterocycles. The molecular formula is C14H13ClFN5O6S. The van der Waals surface area contributed by atoms with Crippen LogP contribution in [0.3, 0.4) is 0 Å². The van der Waals surface area contributed by atoms with Gasteiger partial charge in [-0.1, -0.05) is 16.8 Å². The molecule has 0 spiro atoms. The molecule has 2 heterocycles. The highest BCUT2D eigenvalue weighted by molar-refractivity contribution is 7.89. The van der Waals surface area contributed by atoms with E-state index in [0.717, 1.165) is 10.6 Å². The molecule has 0 fully saturated rings. The maximum absolute atomic E-state index is 13.4. The van der Waals surface area contributed by atoms with Gasteiger partial charge in [-0.15, -0.1) is 0 Å². The van der Waals surface area contributed by atoms with Crippen molar-refractivity contribution >= 4 is 21.6 Å². The summed E-state index contributed by atoms with van der Waals surface area (Å²) in [5.74, 6) is -2.17. The quantitative estimate of drug-likeness (QED) is 0.576. The Morgan fingerprint density at radius 1 is 1.36 bits per heavy atom. The summed E-state index contributed by atoms with van der Waals surface area (Å²) >= 11 is 5.76. The molecule has 3 rings (SSSR count). The minimum Gasteiger partial charge on any atom is -0.471 e. The van der Waals surface area contributed by atoms with E-state index in [2.05, 4.69) is 24.6 Å². The third-order valence-corrected chi connectivity index (χ3v) is 4.65. The van der Waals surface area contributed by atoms with Crippen LogP contribution in [0.4, 0.5) is 4.39 Å². The van der Waals surface area contributed by atoms with Crippen LogP contribution >= 0.6 is 11.6 Å². The first-order valence-corrected chi connectivity index (χ1v) is 9.79. The van der Waals surface area contributed by atoms with Crippen molar-refractivity contribution in [2.45, 2.75) is 19.4 Å². The van der Waals surface area contributed by atoms with E-state index in [9.17, 15) is 17.6 Å². The molecule has 150 valence electrons. The first-order chi connectivity index (χ1) is 13.2. The molecule has 3 aromatic rings. The molecule has 2 N–H and O–H groups in total. The fraction of sp³-hybridized carbons (Fsp3) is 0.286. The molecule has 28 heavy (non-hydrogen) atoms. The molecule has 0 radical (unpaired) electrons. The molecule has 0 aliphatic carbocycles. The highest BCUT2D eigenvalue weighted by atomic mass is 35.5. The van der Waals surface area contributed by atoms with Gasteiger partial charge in [0.2, 0.25) is 21.5 Å². The Bertz CT molecular complexity index is 1160. The molecule has 0 unspecified atom stereocenters. The van der Waals surface area contributed by atoms with Crippen molar-refractivity contribution in [2.75, 3.05) is 5.75 Å². The van der Waals surface area contributed by atoms with Gasteiger partial charge in [0.05, 0.1) is 22.6 Å². The van der Waals surface area contributed by atoms with Crippen LogP contribution in [0.1, 0.15) is 13.3 Å². The summed E-state index contributed by atoms with van der Waals surface area (Å²) in [4.78, 5) is 12.1. The number of sulfonamides is 1. The van der Waals surface area contributed by atoms with E-state index in [1.54, 1.807) is 6.92 Å². The van der Waals surface area contributed by atoms with Gasteiger partial charge in [0, 0.05) is 0 Å². The van der Waals surface area contributed by atoms with Gasteiger partial charge in [-0.25, -0.2) is 31.9 Å². The number of nitrogens with two attached hydrogens (primary N) is 1. The highest BCUT2D eigenvalue weighted by Gasteiger charge is 2.25. The molecule has 0 aliphatic rings. The summed E-state index contributed by atoms with van der Waals surface area (Å²) in [7, 11) is -3.66. The number of aromatic nitrogens is 4. The Hall–Kier alpha value is -2.77. The largest absolute Gasteiger partial charge is 0.471 e. The average molecular weight is 434 g/mol. The molecule has 11 nitrogen and oxygen atoms in total. The Kier molecular flexibility index (Phi) is 5.49. The predicted molar refractivity (Wildman–Crippen MR) is 93.0 cm³/mol. The van der Waals surface area contributed by atoms with Crippen LogP contribution in [0.5, 0.6) is 5.88 Å². The number of rotatable bonds is 7. The smallest absolute Gasteiger partial charge is 0.446 e. The average Bonchev–Trinajstić information content (AvgIpc) is 3.21. The normalized spacial score (nSPS) is 12.9. The third kappa shape index (κ3) is 4.37. The molecule has 1 atom stereocenters. The van der Waals surface area contributed by atoms with Crippen molar-refractivity contribution in [1.82, 2.24) is 20.0 Å². The zero-order chi connectivity index (χ0) is 20.5. The zero-order valence-electron chi connectivity index (χ0n) is 14.2. The van der Waals surface area contributed by atoms with E-state index in [1.165, 1.54) is 12.1 Å². The van der Waals surface area contributed by atoms with Gasteiger partial charge in [0.15, 0.2) is 0 Å². The summed E-state index contributed by atoms with van der Waals surface area (Å²) < 4.78 is 51.3. The Morgan fingerprint density at radius 3 is 2.79 bits per heavy atom. The Morgan fingerprint density at radius 2 is 2.11 bits per heavy atom. The van der Waals surface area contributed by atoms with Crippen LogP contribution in [0.2, 0.25) is 5.02 Å². The Balaban J connectivity index is 1.93. The lowest BCUT2D eigenvalue weighted by Gasteiger charge is -2.11. The molecular weight excluding hydrogens is 421 g/mol. The SMILES string of the molecule is C[C@H](CCS(N)(=O)=O)Oc1nonc1-c1noc(=O)n1-c1ccc(F)c(Cl)c1. The zero-order valence-corrected chi connectivity index (χ0v) is 15.8. The van der Waals surface area contributed by atoms with E-state index in [4.69, 9.17) is 21.5 Å². The number of ether oxygens (including phenoxy) is 1. The molecule has 0 saturated heterocycles. The van der Waals surface area contributed by atoms with Crippen LogP contribution in [-0.4, -0.2) is 40.3 Å². The highest BCUT2D eigenvalue weighted by Crippen LogP contribution is 2.28. The summed E-state index contributed by atoms with van der Waals surface area (Å²) in [5, 5.41) is 15.6. The summed E-state index contributed by atoms with van der Waals surface area (Å²) in [6, 6.07) is 3.54. The number of nitrogens with zero attached hydrogens (tertiary/aromatic N) is 4. The third-order valence-electron chi connectivity index (χ3n) is 3.56. The predicted octanol–water partition coefficient (Wildman–Crippen LogP) is 1.11. The van der Waals surface area contributed by atoms with Crippen LogP contribution in [-0.2, 0) is 10.0 Å². The van der Waals surface area contributed by atoms with Gasteiger partial charge in [0.1, 0.15) is 5.82 Å². The van der Waals surface area contributed by atoms with Gasteiger partial charge in [-0.3, -0.25) is 4.52 Å². The summed E-state index contributed by atoms with van der Waals surface area (Å²) in [5.41, 5.74) is 0.0672. The van der Waals surface area contributed by atoms with E-state index < -0.39 is 27.7 Å². The molecule has 0 bridgehead atoms. The first-order valence-electron chi connectivity index (χ1n) is 7.70. The van der Waals surface area contributed by atoms with E-state index in [0.29, 0.717) is 0 Å². The van der Waals surface area contributed by atoms with Crippen LogP contribution < -0.4 is 15.6 Å². The number of hydrogen-bond acceptors (Lipinski definition) is 9. The lowest BCUT2D eigenvalue weighted by molar-refractivity contribution is 0.192. The van der Waals surface area contributed by atoms with Crippen molar-refractivity contribution < 1.29 is 26.7 Å². The number of primary sulfonamides is 1. The summed E-state index contributed by atoms with van der Waals surface area (Å²) in [6.07, 6.45) is -0.555. The molecule has 1 aromatic carbocycles. The standard InChI is InChI=1S/C14H13ClFN5O6S/c1-7(4-5-28(17,23)24)25-13-11(18-27-20-13)12-19-26-14(22)21(12)8-2-3-10(16)9(15)6-8/h2-3,6-7H,4-5H2,1H3,(H2,17,23,24)/t7-/m1/s1. The van der Waals surface area contributed by atoms with Crippen LogP contribution in [0.15, 0.2) is 32.1 Å². The maximum Gasteiger partial charge on any atom is 0.446 e. The van der Waals surface area contributed by atoms with Crippen LogP contribution in [0.25, 0.3) is 17.2 Å². The second-order valence-electron chi connectivity index (χ2n) is 5.71. The van der Waals surface area contributed by atoms with Crippen molar-refractivity contribution in [3.63, 3.8) is 0 Å². The van der Waals surface area contributed by atoms with Gasteiger partial charge in [-0.2, -0.15) is 0 Å². The van der Waals surface area contributed by atoms with E-state index in [-0.39, 0.29) is 40.3 Å². The lowest BCUT2D eigenvalue weighted by Crippen LogP contribution is -2.22. The van der Waals surface area contributed by atoms with Gasteiger partial charge in [0.25, 0.3) is 5.88 Å². The van der Waals surface area contributed by atoms with Crippen LogP contribution in [0, 0.1) is 5.82 Å². The maximum atomic E-state index is 13.4. The van der Waals surface area contributed by atoms with Crippen molar-refractivity contribution in [2.24, 2.45) is 5.14 Å². The molecule has 0 amide bonds. The molecule has 14 heteroatoms. The second kappa shape index (κ2) is 7.69. The molecule has 0 saturated carbocycles.